The molecule has 0 fully saturated rings. The first-order valence-corrected chi connectivity index (χ1v) is 25.6. The second kappa shape index (κ2) is 35.9. The minimum atomic E-state index is -2.08. The molecular weight excluding hydrogens is 1080 g/mol. The molecule has 21 N–H and O–H groups in total. The second-order valence-corrected chi connectivity index (χ2v) is 19.5. The van der Waals surface area contributed by atoms with Crippen LogP contribution in [0.3, 0.4) is 0 Å². The van der Waals surface area contributed by atoms with Crippen LogP contribution in [0.25, 0.3) is 0 Å². The molecule has 0 radical (unpaired) electrons. The van der Waals surface area contributed by atoms with Crippen LogP contribution in [0.4, 0.5) is 0 Å². The maximum atomic E-state index is 14.3. The lowest BCUT2D eigenvalue weighted by atomic mass is 10.00. The summed E-state index contributed by atoms with van der Waals surface area (Å²) in [5, 5.41) is 78.8. The first-order valence-electron chi connectivity index (χ1n) is 25.6. The van der Waals surface area contributed by atoms with Crippen molar-refractivity contribution in [3.8, 4) is 5.75 Å². The van der Waals surface area contributed by atoms with Gasteiger partial charge in [-0.25, -0.2) is 4.79 Å². The maximum Gasteiger partial charge on any atom is 0.326 e. The van der Waals surface area contributed by atoms with Crippen LogP contribution in [-0.2, 0) is 73.5 Å². The van der Waals surface area contributed by atoms with Crippen LogP contribution >= 0.6 is 0 Å². The van der Waals surface area contributed by atoms with Crippen molar-refractivity contribution in [1.82, 2.24) is 47.9 Å². The zero-order valence-corrected chi connectivity index (χ0v) is 45.2. The fraction of sp³-hybridized carbons (Fsp3) is 0.592. The van der Waals surface area contributed by atoms with E-state index in [0.717, 1.165) is 0 Å². The number of unbranched alkanes of at least 4 members (excludes halogenated alkanes) is 1. The van der Waals surface area contributed by atoms with E-state index >= 15 is 0 Å². The normalized spacial score (nSPS) is 14.3. The average Bonchev–Trinajstić information content (AvgIpc) is 3.36. The third-order valence-corrected chi connectivity index (χ3v) is 11.6. The number of nitrogens with one attached hydrogen (secondary N) is 9. The van der Waals surface area contributed by atoms with Crippen molar-refractivity contribution >= 4 is 82.9 Å². The number of phenolic OH excluding ortho intramolecular Hbond substituents is 1. The van der Waals surface area contributed by atoms with Crippen molar-refractivity contribution in [3.63, 3.8) is 0 Å². The van der Waals surface area contributed by atoms with Crippen molar-refractivity contribution in [2.45, 2.75) is 153 Å². The Labute approximate surface area is 464 Å². The van der Waals surface area contributed by atoms with Gasteiger partial charge in [-0.2, -0.15) is 0 Å². The Bertz CT molecular complexity index is 2390. The molecule has 0 aliphatic carbocycles. The number of aliphatic carboxylic acids is 4. The molecule has 0 bridgehead atoms. The Balaban J connectivity index is 3.58. The van der Waals surface area contributed by atoms with Gasteiger partial charge in [0.15, 0.2) is 0 Å². The van der Waals surface area contributed by atoms with Crippen molar-refractivity contribution in [1.29, 1.82) is 0 Å². The summed E-state index contributed by atoms with van der Waals surface area (Å²) in [6, 6.07) is -10.6. The lowest BCUT2D eigenvalue weighted by Crippen LogP contribution is -2.61. The van der Waals surface area contributed by atoms with Gasteiger partial charge in [-0.1, -0.05) is 39.8 Å². The number of hydrogen-bond acceptors (Lipinski definition) is 18. The molecule has 0 aliphatic heterocycles. The van der Waals surface area contributed by atoms with Gasteiger partial charge >= 0.3 is 23.9 Å². The molecule has 0 spiro atoms. The number of nitrogens with two attached hydrogens (primary N) is 3. The van der Waals surface area contributed by atoms with E-state index in [4.69, 9.17) is 17.2 Å². The molecule has 1 aromatic carbocycles. The van der Waals surface area contributed by atoms with Gasteiger partial charge in [0.2, 0.25) is 59.1 Å². The summed E-state index contributed by atoms with van der Waals surface area (Å²) >= 11 is 0. The number of carbonyl (C=O) groups is 14. The molecule has 0 saturated carbocycles. The fourth-order valence-corrected chi connectivity index (χ4v) is 7.57. The maximum absolute atomic E-state index is 14.3. The van der Waals surface area contributed by atoms with Crippen LogP contribution in [0.15, 0.2) is 24.3 Å². The Kier molecular flexibility index (Phi) is 31.2. The zero-order valence-electron chi connectivity index (χ0n) is 45.2. The third-order valence-electron chi connectivity index (χ3n) is 11.6. The number of amides is 10. The summed E-state index contributed by atoms with van der Waals surface area (Å²) in [4.78, 5) is 181. The predicted octanol–water partition coefficient (Wildman–Crippen LogP) is -5.76. The number of phenols is 1. The molecule has 32 heteroatoms. The van der Waals surface area contributed by atoms with E-state index in [-0.39, 0.29) is 43.0 Å². The van der Waals surface area contributed by atoms with Crippen LogP contribution < -0.4 is 65.1 Å². The summed E-state index contributed by atoms with van der Waals surface area (Å²) in [7, 11) is 0. The van der Waals surface area contributed by atoms with Crippen LogP contribution in [0.2, 0.25) is 0 Å². The highest BCUT2D eigenvalue weighted by Gasteiger charge is 2.37. The van der Waals surface area contributed by atoms with Gasteiger partial charge in [0.25, 0.3) is 0 Å². The van der Waals surface area contributed by atoms with Crippen LogP contribution in [0, 0.1) is 11.8 Å². The molecule has 10 amide bonds. The quantitative estimate of drug-likeness (QED) is 0.0273. The minimum Gasteiger partial charge on any atom is -0.508 e. The van der Waals surface area contributed by atoms with Crippen molar-refractivity contribution in [3.05, 3.63) is 29.8 Å². The molecule has 0 unspecified atom stereocenters. The number of benzene rings is 1. The Morgan fingerprint density at radius 1 is 0.457 bits per heavy atom. The van der Waals surface area contributed by atoms with E-state index in [1.165, 1.54) is 24.3 Å². The van der Waals surface area contributed by atoms with E-state index in [1.807, 2.05) is 0 Å². The Morgan fingerprint density at radius 3 is 1.21 bits per heavy atom. The van der Waals surface area contributed by atoms with E-state index in [1.54, 1.807) is 27.7 Å². The highest BCUT2D eigenvalue weighted by molar-refractivity contribution is 6.00. The van der Waals surface area contributed by atoms with Gasteiger partial charge in [-0.15, -0.1) is 0 Å². The van der Waals surface area contributed by atoms with E-state index in [9.17, 15) is 97.8 Å². The van der Waals surface area contributed by atoms with Crippen molar-refractivity contribution < 1.29 is 97.8 Å². The number of aromatic hydroxyl groups is 1. The zero-order chi connectivity index (χ0) is 61.7. The van der Waals surface area contributed by atoms with Crippen LogP contribution in [0.1, 0.15) is 97.5 Å². The minimum absolute atomic E-state index is 0.0707. The molecule has 1 aromatic rings. The molecule has 0 aromatic heterocycles. The van der Waals surface area contributed by atoms with Gasteiger partial charge in [-0.3, -0.25) is 62.3 Å². The topological polar surface area (TPSA) is 547 Å². The molecule has 0 aliphatic rings. The molecule has 81 heavy (non-hydrogen) atoms. The number of carboxylic acid groups (broad SMARTS) is 4. The molecular formula is C49H76N12O20. The lowest BCUT2D eigenvalue weighted by molar-refractivity contribution is -0.144. The predicted molar refractivity (Wildman–Crippen MR) is 280 cm³/mol. The average molecular weight is 1150 g/mol. The van der Waals surface area contributed by atoms with Gasteiger partial charge in [0.1, 0.15) is 60.1 Å². The Hall–Kier alpha value is -8.52. The number of carbonyl (C=O) groups excluding carboxylic acids is 10. The van der Waals surface area contributed by atoms with Gasteiger partial charge < -0.3 is 95.7 Å². The standard InChI is InChI=1S/C49H76N12O20/c1-23(2)15-29(42(73)60-33(19-39(68)69)46(77)55-28(49(80)81)7-5-6-14-50)57-48(79)35(22-62)61-43(74)30(16-24(3)4)56-44(75)31(17-25-8-10-26(63)11-9-25)58-47(78)34(20-40(70)71)59-41(72)27(12-13-36(52)64)54-45(76)32(18-38(66)67)53-37(65)21-51/h8-11,23-24,27-35,62-63H,5-7,12-22,50-51H2,1-4H3,(H2,52,64)(H,53,65)(H,54,76)(H,55,77)(H,56,75)(H,57,79)(H,58,78)(H,59,72)(H,60,73)(H,61,74)(H,66,67)(H,68,69)(H,70,71)(H,80,81)/t27-,28-,29-,30-,31-,32-,33-,34-,35-/m0/s1. The van der Waals surface area contributed by atoms with Gasteiger partial charge in [0, 0.05) is 12.8 Å². The number of aliphatic hydroxyl groups is 1. The SMILES string of the molecule is CC(C)C[C@H](NC(=O)[C@H](CO)NC(=O)[C@H](CC(C)C)NC(=O)[C@H](Cc1ccc(O)cc1)NC(=O)[C@H](CC(=O)O)NC(=O)[C@H](CCC(N)=O)NC(=O)[C@H](CC(=O)O)NC(=O)CN)C(=O)N[C@@H](CC(=O)O)C(=O)N[C@@H](CCCCN)C(=O)O. The number of aliphatic hydroxyl groups excluding tert-OH is 1. The monoisotopic (exact) mass is 1150 g/mol. The first kappa shape index (κ1) is 70.5. The smallest absolute Gasteiger partial charge is 0.326 e. The summed E-state index contributed by atoms with van der Waals surface area (Å²) < 4.78 is 0. The highest BCUT2D eigenvalue weighted by atomic mass is 16.4. The van der Waals surface area contributed by atoms with E-state index < -0.39 is 195 Å². The molecule has 0 heterocycles. The van der Waals surface area contributed by atoms with Crippen molar-refractivity contribution in [2.75, 3.05) is 19.7 Å². The van der Waals surface area contributed by atoms with E-state index in [0.29, 0.717) is 12.8 Å². The van der Waals surface area contributed by atoms with Gasteiger partial charge in [-0.05, 0) is 74.6 Å². The summed E-state index contributed by atoms with van der Waals surface area (Å²) in [6.45, 7) is 5.00. The van der Waals surface area contributed by atoms with Gasteiger partial charge in [0.05, 0.1) is 32.4 Å². The van der Waals surface area contributed by atoms with Crippen LogP contribution in [0.5, 0.6) is 5.75 Å². The molecule has 452 valence electrons. The summed E-state index contributed by atoms with van der Waals surface area (Å²) in [6.07, 6.45) is -4.53. The lowest BCUT2D eigenvalue weighted by Gasteiger charge is -2.28. The number of primary amides is 1. The largest absolute Gasteiger partial charge is 0.508 e. The molecule has 32 nitrogen and oxygen atoms in total. The number of rotatable bonds is 39. The number of carboxylic acids is 4. The fourth-order valence-electron chi connectivity index (χ4n) is 7.57. The summed E-state index contributed by atoms with van der Waals surface area (Å²) in [5.41, 5.74) is 16.2. The molecule has 0 saturated heterocycles. The van der Waals surface area contributed by atoms with E-state index in [2.05, 4.69) is 47.9 Å². The first-order chi connectivity index (χ1) is 37.9. The molecule has 1 rings (SSSR count). The third kappa shape index (κ3) is 27.8. The second-order valence-electron chi connectivity index (χ2n) is 19.5. The summed E-state index contributed by atoms with van der Waals surface area (Å²) in [5.74, 6) is -18.8. The van der Waals surface area contributed by atoms with Crippen molar-refractivity contribution in [2.24, 2.45) is 29.0 Å². The molecule has 9 atom stereocenters. The highest BCUT2D eigenvalue weighted by Crippen LogP contribution is 2.14. The Morgan fingerprint density at radius 2 is 0.815 bits per heavy atom. The number of hydrogen-bond donors (Lipinski definition) is 18. The van der Waals surface area contributed by atoms with Crippen LogP contribution in [-0.4, -0.2) is 188 Å².